The Hall–Kier alpha value is -2.29. The molecule has 0 aliphatic carbocycles. The number of nitrogens with zero attached hydrogens (tertiary/aromatic N) is 3. The third kappa shape index (κ3) is 1.99. The molecule has 0 saturated carbocycles. The second-order valence-corrected chi connectivity index (χ2v) is 4.96. The molecule has 0 saturated heterocycles. The predicted octanol–water partition coefficient (Wildman–Crippen LogP) is 0.546. The largest absolute Gasteiger partial charge is 0.269 e. The summed E-state index contributed by atoms with van der Waals surface area (Å²) in [5.74, 6) is 0. The van der Waals surface area contributed by atoms with Crippen LogP contribution in [0.5, 0.6) is 0 Å². The standard InChI is InChI=1S/C8H6N4O4S/c13-12(14)6-1-3-7(4-2-6)17(15,16)8-5-9-11-10-8/h1-5H,(H,9,10,11). The van der Waals surface area contributed by atoms with E-state index in [1.807, 2.05) is 0 Å². The van der Waals surface area contributed by atoms with Gasteiger partial charge in [0.2, 0.25) is 14.9 Å². The van der Waals surface area contributed by atoms with Gasteiger partial charge >= 0.3 is 0 Å². The maximum absolute atomic E-state index is 11.9. The van der Waals surface area contributed by atoms with Gasteiger partial charge in [-0.2, -0.15) is 0 Å². The van der Waals surface area contributed by atoms with Gasteiger partial charge in [0.15, 0.2) is 0 Å². The normalized spacial score (nSPS) is 11.3. The van der Waals surface area contributed by atoms with Crippen LogP contribution < -0.4 is 0 Å². The smallest absolute Gasteiger partial charge is 0.264 e. The summed E-state index contributed by atoms with van der Waals surface area (Å²) in [5.41, 5.74) is -0.177. The van der Waals surface area contributed by atoms with E-state index in [4.69, 9.17) is 0 Å². The van der Waals surface area contributed by atoms with Crippen molar-refractivity contribution in [1.82, 2.24) is 15.4 Å². The molecule has 0 spiro atoms. The molecule has 17 heavy (non-hydrogen) atoms. The molecule has 0 bridgehead atoms. The third-order valence-electron chi connectivity index (χ3n) is 2.03. The van der Waals surface area contributed by atoms with Gasteiger partial charge in [0.05, 0.1) is 16.0 Å². The lowest BCUT2D eigenvalue weighted by Crippen LogP contribution is -2.02. The van der Waals surface area contributed by atoms with Crippen molar-refractivity contribution in [3.63, 3.8) is 0 Å². The summed E-state index contributed by atoms with van der Waals surface area (Å²) in [7, 11) is -3.77. The minimum absolute atomic E-state index is 0.0722. The molecule has 1 aromatic carbocycles. The highest BCUT2D eigenvalue weighted by Crippen LogP contribution is 2.20. The zero-order chi connectivity index (χ0) is 12.5. The first kappa shape index (κ1) is 11.2. The van der Waals surface area contributed by atoms with E-state index in [2.05, 4.69) is 15.4 Å². The summed E-state index contributed by atoms with van der Waals surface area (Å²) < 4.78 is 23.8. The number of hydrogen-bond acceptors (Lipinski definition) is 6. The van der Waals surface area contributed by atoms with Crippen LogP contribution in [0.3, 0.4) is 0 Å². The molecule has 0 atom stereocenters. The molecule has 0 radical (unpaired) electrons. The van der Waals surface area contributed by atoms with E-state index in [1.54, 1.807) is 0 Å². The van der Waals surface area contributed by atoms with Gasteiger partial charge in [-0.05, 0) is 12.1 Å². The molecule has 1 aromatic heterocycles. The Labute approximate surface area is 95.4 Å². The molecule has 0 aliphatic rings. The van der Waals surface area contributed by atoms with E-state index in [1.165, 1.54) is 0 Å². The van der Waals surface area contributed by atoms with Crippen molar-refractivity contribution in [2.75, 3.05) is 0 Å². The molecule has 1 N–H and O–H groups in total. The lowest BCUT2D eigenvalue weighted by molar-refractivity contribution is -0.384. The topological polar surface area (TPSA) is 119 Å². The number of aromatic amines is 1. The Bertz CT molecular complexity index is 633. The average molecular weight is 254 g/mol. The number of benzene rings is 1. The highest BCUT2D eigenvalue weighted by molar-refractivity contribution is 7.91. The molecule has 8 nitrogen and oxygen atoms in total. The number of nitrogens with one attached hydrogen (secondary N) is 1. The van der Waals surface area contributed by atoms with Crippen molar-refractivity contribution in [2.45, 2.75) is 9.92 Å². The van der Waals surface area contributed by atoms with E-state index >= 15 is 0 Å². The van der Waals surface area contributed by atoms with Crippen LogP contribution in [0.4, 0.5) is 5.69 Å². The van der Waals surface area contributed by atoms with Crippen molar-refractivity contribution in [1.29, 1.82) is 0 Å². The Morgan fingerprint density at radius 3 is 2.35 bits per heavy atom. The molecule has 0 fully saturated rings. The van der Waals surface area contributed by atoms with E-state index in [0.717, 1.165) is 30.5 Å². The molecule has 0 unspecified atom stereocenters. The molecule has 0 aliphatic heterocycles. The van der Waals surface area contributed by atoms with E-state index in [9.17, 15) is 18.5 Å². The minimum Gasteiger partial charge on any atom is -0.264 e. The van der Waals surface area contributed by atoms with E-state index in [0.29, 0.717) is 0 Å². The summed E-state index contributed by atoms with van der Waals surface area (Å²) in [5, 5.41) is 19.2. The molecular weight excluding hydrogens is 248 g/mol. The highest BCUT2D eigenvalue weighted by atomic mass is 32.2. The lowest BCUT2D eigenvalue weighted by Gasteiger charge is -1.99. The fraction of sp³-hybridized carbons (Fsp3) is 0. The fourth-order valence-corrected chi connectivity index (χ4v) is 2.28. The lowest BCUT2D eigenvalue weighted by atomic mass is 10.3. The second-order valence-electron chi connectivity index (χ2n) is 3.07. The SMILES string of the molecule is O=[N+]([O-])c1ccc(S(=O)(=O)c2c[nH]nn2)cc1. The summed E-state index contributed by atoms with van der Waals surface area (Å²) in [6, 6.07) is 4.55. The van der Waals surface area contributed by atoms with Crippen LogP contribution in [-0.4, -0.2) is 28.8 Å². The van der Waals surface area contributed by atoms with Crippen molar-refractivity contribution < 1.29 is 13.3 Å². The number of hydrogen-bond donors (Lipinski definition) is 1. The first-order valence-electron chi connectivity index (χ1n) is 4.38. The number of nitro groups is 1. The number of aromatic nitrogens is 3. The molecule has 1 heterocycles. The number of rotatable bonds is 3. The molecule has 0 amide bonds. The molecule has 9 heteroatoms. The van der Waals surface area contributed by atoms with Crippen LogP contribution >= 0.6 is 0 Å². The highest BCUT2D eigenvalue weighted by Gasteiger charge is 2.21. The van der Waals surface area contributed by atoms with Crippen molar-refractivity contribution in [3.05, 3.63) is 40.6 Å². The Balaban J connectivity index is 2.45. The molecule has 88 valence electrons. The molecule has 2 aromatic rings. The summed E-state index contributed by atoms with van der Waals surface area (Å²) in [4.78, 5) is 9.74. The number of nitro benzene ring substituents is 1. The van der Waals surface area contributed by atoms with Crippen LogP contribution in [0.25, 0.3) is 0 Å². The number of non-ortho nitro benzene ring substituents is 1. The van der Waals surface area contributed by atoms with E-state index in [-0.39, 0.29) is 15.6 Å². The monoisotopic (exact) mass is 254 g/mol. The zero-order valence-electron chi connectivity index (χ0n) is 8.27. The summed E-state index contributed by atoms with van der Waals surface area (Å²) >= 11 is 0. The maximum atomic E-state index is 11.9. The van der Waals surface area contributed by atoms with Crippen LogP contribution in [0.1, 0.15) is 0 Å². The van der Waals surface area contributed by atoms with Gasteiger partial charge in [-0.25, -0.2) is 8.42 Å². The van der Waals surface area contributed by atoms with Crippen molar-refractivity contribution >= 4 is 15.5 Å². The summed E-state index contributed by atoms with van der Waals surface area (Å²) in [6.07, 6.45) is 1.14. The van der Waals surface area contributed by atoms with Gasteiger partial charge in [-0.1, -0.05) is 5.21 Å². The maximum Gasteiger partial charge on any atom is 0.269 e. The van der Waals surface area contributed by atoms with Crippen LogP contribution in [-0.2, 0) is 9.84 Å². The van der Waals surface area contributed by atoms with Gasteiger partial charge in [0.25, 0.3) is 5.69 Å². The molecular formula is C8H6N4O4S. The Morgan fingerprint density at radius 2 is 1.88 bits per heavy atom. The Kier molecular flexibility index (Phi) is 2.60. The number of H-pyrrole nitrogens is 1. The van der Waals surface area contributed by atoms with Gasteiger partial charge in [-0.15, -0.1) is 5.10 Å². The summed E-state index contributed by atoms with van der Waals surface area (Å²) in [6.45, 7) is 0. The van der Waals surface area contributed by atoms with Gasteiger partial charge in [-0.3, -0.25) is 15.2 Å². The molecule has 2 rings (SSSR count). The number of sulfone groups is 1. The minimum atomic E-state index is -3.77. The third-order valence-corrected chi connectivity index (χ3v) is 3.67. The fourth-order valence-electron chi connectivity index (χ4n) is 1.19. The van der Waals surface area contributed by atoms with Crippen LogP contribution in [0, 0.1) is 10.1 Å². The quantitative estimate of drug-likeness (QED) is 0.630. The van der Waals surface area contributed by atoms with Crippen LogP contribution in [0.2, 0.25) is 0 Å². The van der Waals surface area contributed by atoms with Gasteiger partial charge < -0.3 is 0 Å². The van der Waals surface area contributed by atoms with Crippen LogP contribution in [0.15, 0.2) is 40.4 Å². The van der Waals surface area contributed by atoms with Crippen molar-refractivity contribution in [2.24, 2.45) is 0 Å². The average Bonchev–Trinajstić information content (AvgIpc) is 2.83. The zero-order valence-corrected chi connectivity index (χ0v) is 9.09. The van der Waals surface area contributed by atoms with Gasteiger partial charge in [0.1, 0.15) is 0 Å². The predicted molar refractivity (Wildman–Crippen MR) is 54.9 cm³/mol. The first-order chi connectivity index (χ1) is 8.01. The van der Waals surface area contributed by atoms with E-state index < -0.39 is 14.8 Å². The first-order valence-corrected chi connectivity index (χ1v) is 5.86. The van der Waals surface area contributed by atoms with Crippen molar-refractivity contribution in [3.8, 4) is 0 Å². The second kappa shape index (κ2) is 3.94. The Morgan fingerprint density at radius 1 is 1.24 bits per heavy atom. The van der Waals surface area contributed by atoms with Gasteiger partial charge in [0, 0.05) is 12.1 Å².